The van der Waals surface area contributed by atoms with Crippen molar-refractivity contribution in [2.45, 2.75) is 13.1 Å². The molecule has 144 valence electrons. The molecule has 0 spiro atoms. The molecule has 0 unspecified atom stereocenters. The van der Waals surface area contributed by atoms with E-state index in [9.17, 15) is 0 Å². The zero-order valence-electron chi connectivity index (χ0n) is 15.6. The quantitative estimate of drug-likeness (QED) is 0.320. The van der Waals surface area contributed by atoms with E-state index in [1.165, 1.54) is 0 Å². The van der Waals surface area contributed by atoms with E-state index < -0.39 is 0 Å². The topological polar surface area (TPSA) is 81.3 Å². The Balaban J connectivity index is 0.00000261. The van der Waals surface area contributed by atoms with Crippen molar-refractivity contribution in [2.75, 3.05) is 14.2 Å². The molecule has 3 rings (SSSR count). The van der Waals surface area contributed by atoms with Crippen LogP contribution < -0.4 is 15.4 Å². The highest BCUT2D eigenvalue weighted by Gasteiger charge is 2.05. The lowest BCUT2D eigenvalue weighted by Crippen LogP contribution is -2.36. The van der Waals surface area contributed by atoms with Crippen molar-refractivity contribution in [1.82, 2.24) is 30.2 Å². The fourth-order valence-corrected chi connectivity index (χ4v) is 2.48. The van der Waals surface area contributed by atoms with E-state index in [1.54, 1.807) is 20.4 Å². The Morgan fingerprint density at radius 3 is 2.48 bits per heavy atom. The Bertz CT molecular complexity index is 870. The van der Waals surface area contributed by atoms with Gasteiger partial charge in [-0.1, -0.05) is 0 Å². The predicted molar refractivity (Wildman–Crippen MR) is 116 cm³/mol. The van der Waals surface area contributed by atoms with Crippen LogP contribution in [0.2, 0.25) is 0 Å². The lowest BCUT2D eigenvalue weighted by atomic mass is 10.3. The minimum Gasteiger partial charge on any atom is -0.497 e. The van der Waals surface area contributed by atoms with E-state index >= 15 is 0 Å². The third-order valence-corrected chi connectivity index (χ3v) is 4.00. The number of aryl methyl sites for hydroxylation is 1. The smallest absolute Gasteiger partial charge is 0.191 e. The molecule has 8 nitrogen and oxygen atoms in total. The van der Waals surface area contributed by atoms with Crippen molar-refractivity contribution in [3.05, 3.63) is 60.2 Å². The molecule has 9 heteroatoms. The fourth-order valence-electron chi connectivity index (χ4n) is 2.48. The third kappa shape index (κ3) is 5.46. The van der Waals surface area contributed by atoms with Gasteiger partial charge < -0.3 is 15.4 Å². The Hall–Kier alpha value is -2.56. The van der Waals surface area contributed by atoms with Gasteiger partial charge in [0.05, 0.1) is 37.3 Å². The standard InChI is InChI=1S/C18H23N7O.HI/c1-19-18(21-13-16-8-10-22-24(16)2)20-12-14-9-11-25(23-14)15-4-6-17(26-3)7-5-15;/h4-11H,12-13H2,1-3H3,(H2,19,20,21);1H. The van der Waals surface area contributed by atoms with Gasteiger partial charge in [0.1, 0.15) is 5.75 Å². The average Bonchev–Trinajstić information content (AvgIpc) is 3.31. The Kier molecular flexibility index (Phi) is 7.65. The predicted octanol–water partition coefficient (Wildman–Crippen LogP) is 2.10. The summed E-state index contributed by atoms with van der Waals surface area (Å²) in [6.45, 7) is 1.23. The minimum absolute atomic E-state index is 0. The number of hydrogen-bond acceptors (Lipinski definition) is 4. The Labute approximate surface area is 175 Å². The number of nitrogens with one attached hydrogen (secondary N) is 2. The lowest BCUT2D eigenvalue weighted by Gasteiger charge is -2.11. The zero-order valence-corrected chi connectivity index (χ0v) is 17.9. The first-order chi connectivity index (χ1) is 12.7. The zero-order chi connectivity index (χ0) is 18.4. The van der Waals surface area contributed by atoms with Crippen LogP contribution in [0.5, 0.6) is 5.75 Å². The molecule has 3 aromatic rings. The van der Waals surface area contributed by atoms with E-state index in [2.05, 4.69) is 25.8 Å². The first-order valence-electron chi connectivity index (χ1n) is 8.30. The maximum Gasteiger partial charge on any atom is 0.191 e. The van der Waals surface area contributed by atoms with E-state index in [-0.39, 0.29) is 24.0 Å². The van der Waals surface area contributed by atoms with Crippen molar-refractivity contribution in [1.29, 1.82) is 0 Å². The third-order valence-electron chi connectivity index (χ3n) is 4.00. The van der Waals surface area contributed by atoms with Gasteiger partial charge in [-0.3, -0.25) is 9.67 Å². The normalized spacial score (nSPS) is 11.0. The van der Waals surface area contributed by atoms with Crippen molar-refractivity contribution in [3.63, 3.8) is 0 Å². The number of aliphatic imine (C=N–C) groups is 1. The number of halogens is 1. The Morgan fingerprint density at radius 1 is 1.11 bits per heavy atom. The summed E-state index contributed by atoms with van der Waals surface area (Å²) in [6, 6.07) is 11.7. The monoisotopic (exact) mass is 481 g/mol. The maximum atomic E-state index is 5.18. The summed E-state index contributed by atoms with van der Waals surface area (Å²) in [4.78, 5) is 4.23. The SMILES string of the molecule is CN=C(NCc1ccn(-c2ccc(OC)cc2)n1)NCc1ccnn1C.I. The summed E-state index contributed by atoms with van der Waals surface area (Å²) >= 11 is 0. The molecule has 0 aliphatic heterocycles. The highest BCUT2D eigenvalue weighted by Crippen LogP contribution is 2.14. The number of ether oxygens (including phenoxy) is 1. The van der Waals surface area contributed by atoms with Gasteiger partial charge in [0.25, 0.3) is 0 Å². The number of aromatic nitrogens is 4. The van der Waals surface area contributed by atoms with Gasteiger partial charge in [-0.05, 0) is 36.4 Å². The van der Waals surface area contributed by atoms with Crippen LogP contribution in [-0.4, -0.2) is 39.7 Å². The number of hydrogen-bond donors (Lipinski definition) is 2. The number of rotatable bonds is 6. The Morgan fingerprint density at radius 2 is 1.85 bits per heavy atom. The summed E-state index contributed by atoms with van der Waals surface area (Å²) in [5, 5.41) is 15.3. The van der Waals surface area contributed by atoms with Crippen LogP contribution in [0, 0.1) is 0 Å². The summed E-state index contributed by atoms with van der Waals surface area (Å²) < 4.78 is 8.85. The van der Waals surface area contributed by atoms with Gasteiger partial charge in [0.2, 0.25) is 0 Å². The van der Waals surface area contributed by atoms with Crippen LogP contribution in [0.1, 0.15) is 11.4 Å². The molecule has 0 amide bonds. The summed E-state index contributed by atoms with van der Waals surface area (Å²) in [7, 11) is 5.31. The van der Waals surface area contributed by atoms with Crippen molar-refractivity contribution < 1.29 is 4.74 Å². The van der Waals surface area contributed by atoms with Gasteiger partial charge in [-0.2, -0.15) is 10.2 Å². The molecule has 27 heavy (non-hydrogen) atoms. The van der Waals surface area contributed by atoms with Crippen molar-refractivity contribution in [3.8, 4) is 11.4 Å². The second kappa shape index (κ2) is 9.95. The highest BCUT2D eigenvalue weighted by molar-refractivity contribution is 14.0. The number of nitrogens with zero attached hydrogens (tertiary/aromatic N) is 5. The second-order valence-corrected chi connectivity index (χ2v) is 5.68. The lowest BCUT2D eigenvalue weighted by molar-refractivity contribution is 0.414. The molecule has 2 N–H and O–H groups in total. The van der Waals surface area contributed by atoms with Crippen LogP contribution in [0.25, 0.3) is 5.69 Å². The summed E-state index contributed by atoms with van der Waals surface area (Å²) in [5.74, 6) is 1.54. The molecule has 0 aliphatic carbocycles. The van der Waals surface area contributed by atoms with Crippen LogP contribution >= 0.6 is 24.0 Å². The molecule has 0 radical (unpaired) electrons. The van der Waals surface area contributed by atoms with Crippen LogP contribution in [0.4, 0.5) is 0 Å². The molecule has 0 fully saturated rings. The van der Waals surface area contributed by atoms with Gasteiger partial charge >= 0.3 is 0 Å². The largest absolute Gasteiger partial charge is 0.497 e. The second-order valence-electron chi connectivity index (χ2n) is 5.68. The molecule has 0 aliphatic rings. The van der Waals surface area contributed by atoms with Gasteiger partial charge in [-0.15, -0.1) is 24.0 Å². The molecule has 1 aromatic carbocycles. The first kappa shape index (κ1) is 20.7. The highest BCUT2D eigenvalue weighted by atomic mass is 127. The number of guanidine groups is 1. The van der Waals surface area contributed by atoms with E-state index in [0.717, 1.165) is 22.8 Å². The van der Waals surface area contributed by atoms with Gasteiger partial charge in [0, 0.05) is 26.5 Å². The molecule has 0 bridgehead atoms. The van der Waals surface area contributed by atoms with Crippen LogP contribution in [0.3, 0.4) is 0 Å². The molecule has 0 saturated heterocycles. The fraction of sp³-hybridized carbons (Fsp3) is 0.278. The van der Waals surface area contributed by atoms with E-state index in [4.69, 9.17) is 4.74 Å². The van der Waals surface area contributed by atoms with Crippen molar-refractivity contribution in [2.24, 2.45) is 12.0 Å². The van der Waals surface area contributed by atoms with Gasteiger partial charge in [0.15, 0.2) is 5.96 Å². The average molecular weight is 481 g/mol. The molecule has 0 atom stereocenters. The summed E-state index contributed by atoms with van der Waals surface area (Å²) in [6.07, 6.45) is 3.71. The number of benzene rings is 1. The minimum atomic E-state index is 0. The van der Waals surface area contributed by atoms with Crippen LogP contribution in [0.15, 0.2) is 53.8 Å². The molecule has 0 saturated carbocycles. The maximum absolute atomic E-state index is 5.18. The molecular weight excluding hydrogens is 457 g/mol. The first-order valence-corrected chi connectivity index (χ1v) is 8.30. The van der Waals surface area contributed by atoms with Crippen LogP contribution in [-0.2, 0) is 20.1 Å². The van der Waals surface area contributed by atoms with E-state index in [0.29, 0.717) is 19.0 Å². The molecule has 2 aromatic heterocycles. The summed E-state index contributed by atoms with van der Waals surface area (Å²) in [5.41, 5.74) is 2.98. The molecule has 2 heterocycles. The van der Waals surface area contributed by atoms with Gasteiger partial charge in [-0.25, -0.2) is 4.68 Å². The number of methoxy groups -OCH3 is 1. The van der Waals surface area contributed by atoms with Crippen molar-refractivity contribution >= 4 is 29.9 Å². The molecular formula is C18H24IN7O. The van der Waals surface area contributed by atoms with E-state index in [1.807, 2.05) is 59.0 Å².